The molecule has 0 bridgehead atoms. The monoisotopic (exact) mass is 392 g/mol. The summed E-state index contributed by atoms with van der Waals surface area (Å²) in [6.45, 7) is 7.26. The Bertz CT molecular complexity index is 969. The van der Waals surface area contributed by atoms with Crippen molar-refractivity contribution in [2.45, 2.75) is 19.8 Å². The van der Waals surface area contributed by atoms with Gasteiger partial charge in [-0.25, -0.2) is 4.39 Å². The van der Waals surface area contributed by atoms with Gasteiger partial charge in [-0.1, -0.05) is 44.2 Å². The third kappa shape index (κ3) is 4.29. The molecule has 1 aromatic heterocycles. The molecule has 1 aliphatic heterocycles. The summed E-state index contributed by atoms with van der Waals surface area (Å²) in [5, 5.41) is 11.6. The molecule has 6 nitrogen and oxygen atoms in total. The van der Waals surface area contributed by atoms with E-state index in [9.17, 15) is 4.39 Å². The van der Waals surface area contributed by atoms with Gasteiger partial charge in [-0.05, 0) is 29.7 Å². The first-order chi connectivity index (χ1) is 14.1. The predicted octanol–water partition coefficient (Wildman–Crippen LogP) is 4.20. The highest BCUT2D eigenvalue weighted by Gasteiger charge is 2.21. The molecule has 2 heterocycles. The van der Waals surface area contributed by atoms with Crippen molar-refractivity contribution in [2.75, 3.05) is 41.3 Å². The SMILES string of the molecule is CC(C)c1ccccc1Nc1nncc(N2CCN(c3ccccc3F)CC2)n1. The maximum Gasteiger partial charge on any atom is 0.249 e. The van der Waals surface area contributed by atoms with Crippen LogP contribution in [0.15, 0.2) is 54.7 Å². The van der Waals surface area contributed by atoms with Gasteiger partial charge in [-0.15, -0.1) is 5.10 Å². The van der Waals surface area contributed by atoms with Gasteiger partial charge >= 0.3 is 0 Å². The first-order valence-corrected chi connectivity index (χ1v) is 9.92. The molecule has 0 amide bonds. The van der Waals surface area contributed by atoms with E-state index in [1.54, 1.807) is 12.3 Å². The molecule has 7 heteroatoms. The van der Waals surface area contributed by atoms with Crippen molar-refractivity contribution in [3.63, 3.8) is 0 Å². The second kappa shape index (κ2) is 8.43. The van der Waals surface area contributed by atoms with Crippen molar-refractivity contribution in [3.05, 3.63) is 66.1 Å². The van der Waals surface area contributed by atoms with Crippen LogP contribution in [0.2, 0.25) is 0 Å². The number of nitrogens with zero attached hydrogens (tertiary/aromatic N) is 5. The van der Waals surface area contributed by atoms with Gasteiger partial charge in [0.2, 0.25) is 5.95 Å². The molecule has 1 fully saturated rings. The summed E-state index contributed by atoms with van der Waals surface area (Å²) in [5.74, 6) is 1.46. The van der Waals surface area contributed by atoms with Crippen LogP contribution in [0.25, 0.3) is 0 Å². The van der Waals surface area contributed by atoms with Crippen molar-refractivity contribution < 1.29 is 4.39 Å². The van der Waals surface area contributed by atoms with Gasteiger partial charge in [0.05, 0.1) is 11.9 Å². The van der Waals surface area contributed by atoms with E-state index < -0.39 is 0 Å². The minimum Gasteiger partial charge on any atom is -0.366 e. The molecule has 0 aliphatic carbocycles. The van der Waals surface area contributed by atoms with Crippen LogP contribution in [0, 0.1) is 5.82 Å². The van der Waals surface area contributed by atoms with Crippen LogP contribution < -0.4 is 15.1 Å². The average Bonchev–Trinajstić information content (AvgIpc) is 2.75. The molecule has 1 saturated heterocycles. The highest BCUT2D eigenvalue weighted by Crippen LogP contribution is 2.26. The minimum atomic E-state index is -0.181. The van der Waals surface area contributed by atoms with E-state index >= 15 is 0 Å². The Balaban J connectivity index is 1.46. The largest absolute Gasteiger partial charge is 0.366 e. The number of anilines is 4. The van der Waals surface area contributed by atoms with Crippen molar-refractivity contribution in [3.8, 4) is 0 Å². The second-order valence-electron chi connectivity index (χ2n) is 7.43. The molecule has 1 N–H and O–H groups in total. The summed E-state index contributed by atoms with van der Waals surface area (Å²) in [6.07, 6.45) is 1.68. The average molecular weight is 392 g/mol. The topological polar surface area (TPSA) is 57.2 Å². The molecule has 1 aliphatic rings. The zero-order valence-corrected chi connectivity index (χ0v) is 16.7. The normalized spacial score (nSPS) is 14.3. The van der Waals surface area contributed by atoms with E-state index in [-0.39, 0.29) is 5.82 Å². The van der Waals surface area contributed by atoms with Crippen molar-refractivity contribution in [2.24, 2.45) is 0 Å². The molecule has 29 heavy (non-hydrogen) atoms. The number of aromatic nitrogens is 3. The Labute approximate surface area is 170 Å². The third-order valence-corrected chi connectivity index (χ3v) is 5.17. The molecular formula is C22H25FN6. The summed E-state index contributed by atoms with van der Waals surface area (Å²) in [6, 6.07) is 15.1. The van der Waals surface area contributed by atoms with Gasteiger partial charge < -0.3 is 15.1 Å². The van der Waals surface area contributed by atoms with E-state index in [1.165, 1.54) is 11.6 Å². The van der Waals surface area contributed by atoms with E-state index in [0.717, 1.165) is 37.7 Å². The number of nitrogens with one attached hydrogen (secondary N) is 1. The molecule has 2 aromatic carbocycles. The molecular weight excluding hydrogens is 367 g/mol. The van der Waals surface area contributed by atoms with Crippen molar-refractivity contribution in [1.29, 1.82) is 0 Å². The summed E-state index contributed by atoms with van der Waals surface area (Å²) >= 11 is 0. The van der Waals surface area contributed by atoms with E-state index in [2.05, 4.69) is 50.2 Å². The fourth-order valence-corrected chi connectivity index (χ4v) is 3.62. The summed E-state index contributed by atoms with van der Waals surface area (Å²) in [7, 11) is 0. The van der Waals surface area contributed by atoms with Gasteiger partial charge in [0, 0.05) is 31.9 Å². The highest BCUT2D eigenvalue weighted by atomic mass is 19.1. The molecule has 150 valence electrons. The Morgan fingerprint density at radius 3 is 2.38 bits per heavy atom. The standard InChI is InChI=1S/C22H25FN6/c1-16(2)17-7-3-5-9-19(17)25-22-26-21(15-24-27-22)29-13-11-28(12-14-29)20-10-6-4-8-18(20)23/h3-10,15-16H,11-14H2,1-2H3,(H,25,26,27). The van der Waals surface area contributed by atoms with Crippen LogP contribution in [0.1, 0.15) is 25.3 Å². The molecule has 4 rings (SSSR count). The number of rotatable bonds is 5. The zero-order chi connectivity index (χ0) is 20.2. The van der Waals surface area contributed by atoms with Crippen LogP contribution in [-0.2, 0) is 0 Å². The minimum absolute atomic E-state index is 0.181. The van der Waals surface area contributed by atoms with Crippen LogP contribution in [-0.4, -0.2) is 41.4 Å². The number of halogens is 1. The lowest BCUT2D eigenvalue weighted by Crippen LogP contribution is -2.47. The number of hydrogen-bond donors (Lipinski definition) is 1. The van der Waals surface area contributed by atoms with Crippen LogP contribution >= 0.6 is 0 Å². The van der Waals surface area contributed by atoms with Gasteiger partial charge in [-0.2, -0.15) is 10.1 Å². The Hall–Kier alpha value is -3.22. The third-order valence-electron chi connectivity index (χ3n) is 5.17. The maximum atomic E-state index is 14.0. The number of benzene rings is 2. The van der Waals surface area contributed by atoms with Crippen molar-refractivity contribution >= 4 is 23.1 Å². The first-order valence-electron chi connectivity index (χ1n) is 9.92. The quantitative estimate of drug-likeness (QED) is 0.702. The first kappa shape index (κ1) is 19.1. The molecule has 0 radical (unpaired) electrons. The van der Waals surface area contributed by atoms with Crippen LogP contribution in [0.5, 0.6) is 0 Å². The van der Waals surface area contributed by atoms with Gasteiger partial charge in [-0.3, -0.25) is 0 Å². The molecule has 0 unspecified atom stereocenters. The van der Waals surface area contributed by atoms with Gasteiger partial charge in [0.15, 0.2) is 5.82 Å². The molecule has 0 saturated carbocycles. The van der Waals surface area contributed by atoms with E-state index in [4.69, 9.17) is 0 Å². The number of piperazine rings is 1. The molecule has 3 aromatic rings. The van der Waals surface area contributed by atoms with E-state index in [0.29, 0.717) is 17.6 Å². The molecule has 0 atom stereocenters. The van der Waals surface area contributed by atoms with Gasteiger partial charge in [0.1, 0.15) is 5.82 Å². The highest BCUT2D eigenvalue weighted by molar-refractivity contribution is 5.60. The Kier molecular flexibility index (Phi) is 5.55. The Morgan fingerprint density at radius 1 is 0.931 bits per heavy atom. The molecule has 0 spiro atoms. The van der Waals surface area contributed by atoms with Crippen LogP contribution in [0.3, 0.4) is 0 Å². The summed E-state index contributed by atoms with van der Waals surface area (Å²) in [5.41, 5.74) is 2.85. The van der Waals surface area contributed by atoms with Crippen molar-refractivity contribution in [1.82, 2.24) is 15.2 Å². The lowest BCUT2D eigenvalue weighted by atomic mass is 10.0. The van der Waals surface area contributed by atoms with Gasteiger partial charge in [0.25, 0.3) is 0 Å². The second-order valence-corrected chi connectivity index (χ2v) is 7.43. The maximum absolute atomic E-state index is 14.0. The Morgan fingerprint density at radius 2 is 1.62 bits per heavy atom. The number of para-hydroxylation sites is 2. The number of hydrogen-bond acceptors (Lipinski definition) is 6. The smallest absolute Gasteiger partial charge is 0.249 e. The fraction of sp³-hybridized carbons (Fsp3) is 0.318. The fourth-order valence-electron chi connectivity index (χ4n) is 3.62. The van der Waals surface area contributed by atoms with E-state index in [1.807, 2.05) is 30.3 Å². The zero-order valence-electron chi connectivity index (χ0n) is 16.7. The summed E-state index contributed by atoms with van der Waals surface area (Å²) < 4.78 is 14.0. The summed E-state index contributed by atoms with van der Waals surface area (Å²) in [4.78, 5) is 8.88. The lowest BCUT2D eigenvalue weighted by Gasteiger charge is -2.36. The predicted molar refractivity (Wildman–Crippen MR) is 114 cm³/mol. The van der Waals surface area contributed by atoms with Crippen LogP contribution in [0.4, 0.5) is 27.5 Å². The lowest BCUT2D eigenvalue weighted by molar-refractivity contribution is 0.595.